The molecule has 0 unspecified atom stereocenters. The molecule has 0 aliphatic heterocycles. The van der Waals surface area contributed by atoms with Crippen LogP contribution in [-0.4, -0.2) is 29.2 Å². The van der Waals surface area contributed by atoms with Crippen LogP contribution in [0.25, 0.3) is 0 Å². The van der Waals surface area contributed by atoms with E-state index in [1.807, 2.05) is 41.5 Å². The molecular formula is C23H30O5. The summed E-state index contributed by atoms with van der Waals surface area (Å²) in [5.41, 5.74) is 0.155. The van der Waals surface area contributed by atoms with E-state index in [1.54, 1.807) is 12.1 Å². The van der Waals surface area contributed by atoms with Crippen LogP contribution < -0.4 is 9.47 Å². The monoisotopic (exact) mass is 386 g/mol. The van der Waals surface area contributed by atoms with Crippen LogP contribution in [0.3, 0.4) is 0 Å². The molecule has 0 spiro atoms. The van der Waals surface area contributed by atoms with Crippen molar-refractivity contribution >= 4 is 5.78 Å². The van der Waals surface area contributed by atoms with E-state index < -0.39 is 5.78 Å². The molecule has 5 heteroatoms. The minimum Gasteiger partial charge on any atom is -0.507 e. The Morgan fingerprint density at radius 3 is 1.39 bits per heavy atom. The molecule has 0 aliphatic carbocycles. The lowest BCUT2D eigenvalue weighted by atomic mass is 9.98. The second-order valence-electron chi connectivity index (χ2n) is 9.39. The summed E-state index contributed by atoms with van der Waals surface area (Å²) in [5, 5.41) is 20.5. The number of ketones is 1. The van der Waals surface area contributed by atoms with E-state index in [-0.39, 0.29) is 33.5 Å². The van der Waals surface area contributed by atoms with E-state index in [0.29, 0.717) is 24.7 Å². The fourth-order valence-electron chi connectivity index (χ4n) is 2.33. The zero-order valence-electron chi connectivity index (χ0n) is 17.5. The summed E-state index contributed by atoms with van der Waals surface area (Å²) in [7, 11) is 0. The first-order valence-electron chi connectivity index (χ1n) is 9.32. The fraction of sp³-hybridized carbons (Fsp3) is 0.435. The van der Waals surface area contributed by atoms with Gasteiger partial charge in [-0.05, 0) is 35.1 Å². The number of carbonyl (C=O) groups excluding carboxylic acids is 1. The Labute approximate surface area is 166 Å². The highest BCUT2D eigenvalue weighted by molar-refractivity contribution is 6.12. The van der Waals surface area contributed by atoms with Crippen molar-refractivity contribution in [1.29, 1.82) is 0 Å². The molecule has 2 rings (SSSR count). The maximum Gasteiger partial charge on any atom is 0.200 e. The van der Waals surface area contributed by atoms with Gasteiger partial charge in [0.2, 0.25) is 0 Å². The third-order valence-corrected chi connectivity index (χ3v) is 3.77. The number of ether oxygens (including phenoxy) is 2. The molecule has 0 amide bonds. The minimum atomic E-state index is -0.472. The van der Waals surface area contributed by atoms with Crippen molar-refractivity contribution in [3.05, 3.63) is 47.5 Å². The standard InChI is InChI=1S/C23H30O5/c1-22(2,3)13-27-15-7-9-17(19(24)11-15)21(26)18-10-8-16(12-20(18)25)28-14-23(4,5)6/h7-12,24-25H,13-14H2,1-6H3. The van der Waals surface area contributed by atoms with E-state index >= 15 is 0 Å². The first kappa shape index (κ1) is 21.6. The fourth-order valence-corrected chi connectivity index (χ4v) is 2.33. The van der Waals surface area contributed by atoms with Crippen LogP contribution >= 0.6 is 0 Å². The first-order chi connectivity index (χ1) is 12.9. The molecule has 0 radical (unpaired) electrons. The lowest BCUT2D eigenvalue weighted by Crippen LogP contribution is -2.17. The van der Waals surface area contributed by atoms with Crippen molar-refractivity contribution in [3.63, 3.8) is 0 Å². The van der Waals surface area contributed by atoms with Gasteiger partial charge in [0.1, 0.15) is 23.0 Å². The Kier molecular flexibility index (Phi) is 6.27. The Bertz CT molecular complexity index is 772. The highest BCUT2D eigenvalue weighted by atomic mass is 16.5. The van der Waals surface area contributed by atoms with E-state index in [4.69, 9.17) is 9.47 Å². The van der Waals surface area contributed by atoms with Crippen molar-refractivity contribution < 1.29 is 24.5 Å². The molecule has 0 aliphatic rings. The summed E-state index contributed by atoms with van der Waals surface area (Å²) in [6.07, 6.45) is 0. The summed E-state index contributed by atoms with van der Waals surface area (Å²) in [6.45, 7) is 13.2. The summed E-state index contributed by atoms with van der Waals surface area (Å²) >= 11 is 0. The maximum absolute atomic E-state index is 12.7. The van der Waals surface area contributed by atoms with Crippen LogP contribution in [-0.2, 0) is 0 Å². The van der Waals surface area contributed by atoms with Gasteiger partial charge < -0.3 is 19.7 Å². The molecule has 0 bridgehead atoms. The van der Waals surface area contributed by atoms with Crippen LogP contribution in [0.15, 0.2) is 36.4 Å². The van der Waals surface area contributed by atoms with Gasteiger partial charge in [-0.1, -0.05) is 41.5 Å². The van der Waals surface area contributed by atoms with Crippen molar-refractivity contribution in [2.45, 2.75) is 41.5 Å². The normalized spacial score (nSPS) is 11.9. The van der Waals surface area contributed by atoms with E-state index in [0.717, 1.165) is 0 Å². The van der Waals surface area contributed by atoms with E-state index in [2.05, 4.69) is 0 Å². The molecule has 0 aromatic heterocycles. The van der Waals surface area contributed by atoms with Gasteiger partial charge in [-0.3, -0.25) is 4.79 Å². The molecule has 5 nitrogen and oxygen atoms in total. The quantitative estimate of drug-likeness (QED) is 0.669. The summed E-state index contributed by atoms with van der Waals surface area (Å²) in [4.78, 5) is 12.7. The van der Waals surface area contributed by atoms with Gasteiger partial charge in [-0.25, -0.2) is 0 Å². The molecule has 0 heterocycles. The predicted octanol–water partition coefficient (Wildman–Crippen LogP) is 5.18. The molecule has 2 aromatic carbocycles. The van der Waals surface area contributed by atoms with Gasteiger partial charge in [0.05, 0.1) is 24.3 Å². The molecule has 2 N–H and O–H groups in total. The zero-order valence-corrected chi connectivity index (χ0v) is 17.5. The number of phenolic OH excluding ortho intramolecular Hbond substituents is 2. The average molecular weight is 386 g/mol. The van der Waals surface area contributed by atoms with Crippen LogP contribution in [0.1, 0.15) is 57.5 Å². The Morgan fingerprint density at radius 2 is 1.11 bits per heavy atom. The van der Waals surface area contributed by atoms with Gasteiger partial charge in [0, 0.05) is 12.1 Å². The molecular weight excluding hydrogens is 356 g/mol. The second-order valence-corrected chi connectivity index (χ2v) is 9.39. The molecule has 28 heavy (non-hydrogen) atoms. The molecule has 0 fully saturated rings. The molecule has 0 saturated carbocycles. The molecule has 0 atom stereocenters. The first-order valence-corrected chi connectivity index (χ1v) is 9.32. The lowest BCUT2D eigenvalue weighted by molar-refractivity contribution is 0.103. The van der Waals surface area contributed by atoms with Crippen LogP contribution in [0.2, 0.25) is 0 Å². The van der Waals surface area contributed by atoms with Gasteiger partial charge in [-0.2, -0.15) is 0 Å². The number of hydrogen-bond acceptors (Lipinski definition) is 5. The summed E-state index contributed by atoms with van der Waals surface area (Å²) in [6, 6.07) is 9.10. The number of aromatic hydroxyl groups is 2. The van der Waals surface area contributed by atoms with Crippen molar-refractivity contribution in [3.8, 4) is 23.0 Å². The van der Waals surface area contributed by atoms with E-state index in [9.17, 15) is 15.0 Å². The van der Waals surface area contributed by atoms with Crippen LogP contribution in [0, 0.1) is 10.8 Å². The smallest absolute Gasteiger partial charge is 0.200 e. The number of phenols is 2. The third kappa shape index (κ3) is 6.19. The molecule has 152 valence electrons. The predicted molar refractivity (Wildman–Crippen MR) is 110 cm³/mol. The molecule has 2 aromatic rings. The van der Waals surface area contributed by atoms with Gasteiger partial charge in [0.25, 0.3) is 0 Å². The SMILES string of the molecule is CC(C)(C)COc1ccc(C(=O)c2ccc(OCC(C)(C)C)cc2O)c(O)c1. The van der Waals surface area contributed by atoms with Crippen molar-refractivity contribution in [2.75, 3.05) is 13.2 Å². The number of hydrogen-bond donors (Lipinski definition) is 2. The van der Waals surface area contributed by atoms with Gasteiger partial charge >= 0.3 is 0 Å². The Morgan fingerprint density at radius 1 is 0.750 bits per heavy atom. The number of rotatable bonds is 6. The van der Waals surface area contributed by atoms with Crippen molar-refractivity contribution in [2.24, 2.45) is 10.8 Å². The lowest BCUT2D eigenvalue weighted by Gasteiger charge is -2.19. The summed E-state index contributed by atoms with van der Waals surface area (Å²) < 4.78 is 11.3. The van der Waals surface area contributed by atoms with E-state index in [1.165, 1.54) is 24.3 Å². The Balaban J connectivity index is 2.17. The number of carbonyl (C=O) groups is 1. The zero-order chi connectivity index (χ0) is 21.1. The average Bonchev–Trinajstić information content (AvgIpc) is 2.56. The van der Waals surface area contributed by atoms with Crippen LogP contribution in [0.4, 0.5) is 0 Å². The minimum absolute atomic E-state index is 0.0211. The highest BCUT2D eigenvalue weighted by Crippen LogP contribution is 2.31. The largest absolute Gasteiger partial charge is 0.507 e. The second kappa shape index (κ2) is 8.13. The number of benzene rings is 2. The van der Waals surface area contributed by atoms with Crippen molar-refractivity contribution in [1.82, 2.24) is 0 Å². The highest BCUT2D eigenvalue weighted by Gasteiger charge is 2.19. The topological polar surface area (TPSA) is 76.0 Å². The Hall–Kier alpha value is -2.69. The summed E-state index contributed by atoms with van der Waals surface area (Å²) in [5.74, 6) is 0.116. The maximum atomic E-state index is 12.7. The molecule has 0 saturated heterocycles. The van der Waals surface area contributed by atoms with Gasteiger partial charge in [0.15, 0.2) is 5.78 Å². The van der Waals surface area contributed by atoms with Crippen LogP contribution in [0.5, 0.6) is 23.0 Å². The van der Waals surface area contributed by atoms with Gasteiger partial charge in [-0.15, -0.1) is 0 Å². The third-order valence-electron chi connectivity index (χ3n) is 3.77.